The van der Waals surface area contributed by atoms with Gasteiger partial charge in [0.2, 0.25) is 0 Å². The average molecular weight is 237 g/mol. The van der Waals surface area contributed by atoms with E-state index in [1.807, 2.05) is 11.7 Å². The van der Waals surface area contributed by atoms with Crippen molar-refractivity contribution in [2.24, 2.45) is 0 Å². The van der Waals surface area contributed by atoms with Gasteiger partial charge >= 0.3 is 0 Å². The minimum Gasteiger partial charge on any atom is -0.298 e. The van der Waals surface area contributed by atoms with Gasteiger partial charge in [0.25, 0.3) is 0 Å². The van der Waals surface area contributed by atoms with Crippen LogP contribution in [0.4, 0.5) is 0 Å². The summed E-state index contributed by atoms with van der Waals surface area (Å²) < 4.78 is 0. The van der Waals surface area contributed by atoms with Gasteiger partial charge in [-0.1, -0.05) is 6.42 Å². The van der Waals surface area contributed by atoms with Gasteiger partial charge in [-0.15, -0.1) is 11.3 Å². The van der Waals surface area contributed by atoms with Crippen LogP contribution in [0.5, 0.6) is 0 Å². The Morgan fingerprint density at radius 3 is 3.19 bits per heavy atom. The molecule has 0 amide bonds. The van der Waals surface area contributed by atoms with Gasteiger partial charge in [-0.25, -0.2) is 0 Å². The highest BCUT2D eigenvalue weighted by Crippen LogP contribution is 2.22. The van der Waals surface area contributed by atoms with Crippen molar-refractivity contribution < 1.29 is 0 Å². The zero-order valence-corrected chi connectivity index (χ0v) is 10.5. The second kappa shape index (κ2) is 4.82. The minimum atomic E-state index is 0.829. The second-order valence-electron chi connectivity index (χ2n) is 4.89. The van der Waals surface area contributed by atoms with Crippen molar-refractivity contribution in [3.05, 3.63) is 16.6 Å². The van der Waals surface area contributed by atoms with Crippen LogP contribution in [0.2, 0.25) is 0 Å². The molecule has 0 aliphatic carbocycles. The third-order valence-electron chi connectivity index (χ3n) is 3.78. The van der Waals surface area contributed by atoms with Gasteiger partial charge in [0.1, 0.15) is 0 Å². The van der Waals surface area contributed by atoms with Crippen molar-refractivity contribution in [2.45, 2.75) is 31.8 Å². The first-order chi connectivity index (χ1) is 7.92. The molecule has 0 saturated carbocycles. The quantitative estimate of drug-likeness (QED) is 0.782. The van der Waals surface area contributed by atoms with E-state index in [-0.39, 0.29) is 0 Å². The van der Waals surface area contributed by atoms with Crippen LogP contribution in [-0.4, -0.2) is 47.0 Å². The van der Waals surface area contributed by atoms with Crippen molar-refractivity contribution in [1.29, 1.82) is 0 Å². The molecule has 2 fully saturated rings. The van der Waals surface area contributed by atoms with Crippen LogP contribution in [0, 0.1) is 0 Å². The Labute approximate surface area is 101 Å². The summed E-state index contributed by atoms with van der Waals surface area (Å²) in [6.07, 6.45) is 6.25. The maximum absolute atomic E-state index is 4.15. The molecule has 0 N–H and O–H groups in total. The first-order valence-electron chi connectivity index (χ1n) is 6.25. The first kappa shape index (κ1) is 10.7. The van der Waals surface area contributed by atoms with E-state index in [1.165, 1.54) is 50.3 Å². The lowest BCUT2D eigenvalue weighted by Gasteiger charge is -2.43. The molecule has 2 saturated heterocycles. The molecule has 0 bridgehead atoms. The summed E-state index contributed by atoms with van der Waals surface area (Å²) in [6, 6.07) is 0.829. The fourth-order valence-electron chi connectivity index (χ4n) is 2.90. The normalized spacial score (nSPS) is 27.9. The number of hydrogen-bond donors (Lipinski definition) is 0. The van der Waals surface area contributed by atoms with E-state index >= 15 is 0 Å². The van der Waals surface area contributed by atoms with E-state index < -0.39 is 0 Å². The second-order valence-corrected chi connectivity index (χ2v) is 5.86. The molecule has 4 heteroatoms. The van der Waals surface area contributed by atoms with Crippen LogP contribution in [0.25, 0.3) is 0 Å². The molecule has 1 aromatic heterocycles. The van der Waals surface area contributed by atoms with Gasteiger partial charge < -0.3 is 0 Å². The third-order valence-corrected chi connectivity index (χ3v) is 4.55. The van der Waals surface area contributed by atoms with Gasteiger partial charge in [0.05, 0.1) is 5.51 Å². The van der Waals surface area contributed by atoms with Crippen LogP contribution in [0.3, 0.4) is 0 Å². The summed E-state index contributed by atoms with van der Waals surface area (Å²) in [5, 5.41) is 0. The predicted octanol–water partition coefficient (Wildman–Crippen LogP) is 1.81. The van der Waals surface area contributed by atoms with Crippen LogP contribution >= 0.6 is 11.3 Å². The number of hydrogen-bond acceptors (Lipinski definition) is 4. The highest BCUT2D eigenvalue weighted by atomic mass is 32.1. The molecule has 2 aliphatic heterocycles. The molecule has 0 aromatic carbocycles. The maximum atomic E-state index is 4.15. The van der Waals surface area contributed by atoms with Crippen LogP contribution in [0.15, 0.2) is 11.7 Å². The van der Waals surface area contributed by atoms with Crippen LogP contribution < -0.4 is 0 Å². The summed E-state index contributed by atoms with van der Waals surface area (Å²) in [4.78, 5) is 10.8. The standard InChI is InChI=1S/C12H19N3S/c1-2-4-15-6-5-14(8-11(15)3-1)9-12-7-13-10-16-12/h7,10-11H,1-6,8-9H2. The molecule has 88 valence electrons. The molecule has 1 atom stereocenters. The summed E-state index contributed by atoms with van der Waals surface area (Å²) in [6.45, 7) is 6.20. The summed E-state index contributed by atoms with van der Waals surface area (Å²) >= 11 is 1.78. The number of piperidine rings is 1. The fraction of sp³-hybridized carbons (Fsp3) is 0.750. The summed E-state index contributed by atoms with van der Waals surface area (Å²) in [5.74, 6) is 0. The zero-order valence-electron chi connectivity index (χ0n) is 9.64. The minimum absolute atomic E-state index is 0.829. The molecular weight excluding hydrogens is 218 g/mol. The van der Waals surface area contributed by atoms with Crippen molar-refractivity contribution in [3.8, 4) is 0 Å². The van der Waals surface area contributed by atoms with E-state index in [1.54, 1.807) is 11.3 Å². The van der Waals surface area contributed by atoms with Crippen LogP contribution in [-0.2, 0) is 6.54 Å². The van der Waals surface area contributed by atoms with Crippen LogP contribution in [0.1, 0.15) is 24.1 Å². The average Bonchev–Trinajstić information content (AvgIpc) is 2.82. The molecule has 0 radical (unpaired) electrons. The number of nitrogens with zero attached hydrogens (tertiary/aromatic N) is 3. The molecule has 3 heterocycles. The summed E-state index contributed by atoms with van der Waals surface area (Å²) in [7, 11) is 0. The molecule has 1 unspecified atom stereocenters. The lowest BCUT2D eigenvalue weighted by atomic mass is 9.99. The molecule has 0 spiro atoms. The van der Waals surface area contributed by atoms with Gasteiger partial charge in [-0.2, -0.15) is 0 Å². The maximum Gasteiger partial charge on any atom is 0.0794 e. The molecule has 3 rings (SSSR count). The Kier molecular flexibility index (Phi) is 3.22. The third kappa shape index (κ3) is 2.29. The largest absolute Gasteiger partial charge is 0.298 e. The zero-order chi connectivity index (χ0) is 10.8. The smallest absolute Gasteiger partial charge is 0.0794 e. The Morgan fingerprint density at radius 2 is 2.31 bits per heavy atom. The number of fused-ring (bicyclic) bond motifs is 1. The van der Waals surface area contributed by atoms with E-state index in [0.29, 0.717) is 0 Å². The SMILES string of the molecule is c1ncc(CN2CCN3CCCCC3C2)s1. The highest BCUT2D eigenvalue weighted by Gasteiger charge is 2.28. The predicted molar refractivity (Wildman–Crippen MR) is 66.6 cm³/mol. The fourth-order valence-corrected chi connectivity index (χ4v) is 3.54. The van der Waals surface area contributed by atoms with Crippen molar-refractivity contribution >= 4 is 11.3 Å². The molecule has 1 aromatic rings. The van der Waals surface area contributed by atoms with E-state index in [0.717, 1.165) is 12.6 Å². The number of rotatable bonds is 2. The Morgan fingerprint density at radius 1 is 1.31 bits per heavy atom. The number of piperazine rings is 1. The monoisotopic (exact) mass is 237 g/mol. The van der Waals surface area contributed by atoms with E-state index in [4.69, 9.17) is 0 Å². The Bertz CT molecular complexity index is 325. The molecule has 16 heavy (non-hydrogen) atoms. The van der Waals surface area contributed by atoms with Gasteiger partial charge in [0, 0.05) is 43.3 Å². The lowest BCUT2D eigenvalue weighted by molar-refractivity contribution is 0.0461. The van der Waals surface area contributed by atoms with Gasteiger partial charge in [-0.05, 0) is 19.4 Å². The van der Waals surface area contributed by atoms with E-state index in [9.17, 15) is 0 Å². The lowest BCUT2D eigenvalue weighted by Crippen LogP contribution is -2.54. The van der Waals surface area contributed by atoms with Crippen molar-refractivity contribution in [3.63, 3.8) is 0 Å². The van der Waals surface area contributed by atoms with Gasteiger partial charge in [0.15, 0.2) is 0 Å². The summed E-state index contributed by atoms with van der Waals surface area (Å²) in [5.41, 5.74) is 1.94. The number of aromatic nitrogens is 1. The first-order valence-corrected chi connectivity index (χ1v) is 7.13. The molecule has 2 aliphatic rings. The number of thiazole rings is 1. The highest BCUT2D eigenvalue weighted by molar-refractivity contribution is 7.09. The molecule has 3 nitrogen and oxygen atoms in total. The Hall–Kier alpha value is -0.450. The van der Waals surface area contributed by atoms with E-state index in [2.05, 4.69) is 14.8 Å². The topological polar surface area (TPSA) is 19.4 Å². The Balaban J connectivity index is 1.58. The van der Waals surface area contributed by atoms with Crippen molar-refractivity contribution in [2.75, 3.05) is 26.2 Å². The van der Waals surface area contributed by atoms with Gasteiger partial charge in [-0.3, -0.25) is 14.8 Å². The molecular formula is C12H19N3S. The van der Waals surface area contributed by atoms with Crippen molar-refractivity contribution in [1.82, 2.24) is 14.8 Å².